The van der Waals surface area contributed by atoms with Gasteiger partial charge in [-0.2, -0.15) is 5.10 Å². The Bertz CT molecular complexity index is 610. The van der Waals surface area contributed by atoms with E-state index in [0.29, 0.717) is 6.04 Å². The molecule has 2 rings (SSSR count). The number of ether oxygens (including phenoxy) is 1. The number of aryl methyl sites for hydroxylation is 1. The SMILES string of the molecule is CNCC(Cc1cn(C)nc1-c1ccc(OC(C)C)cc1)NC.Cl. The molecule has 5 nitrogen and oxygen atoms in total. The molecule has 0 spiro atoms. The molecule has 0 bridgehead atoms. The van der Waals surface area contributed by atoms with Crippen LogP contribution in [0.1, 0.15) is 19.4 Å². The molecule has 0 aliphatic heterocycles. The topological polar surface area (TPSA) is 51.1 Å². The highest BCUT2D eigenvalue weighted by atomic mass is 35.5. The molecule has 134 valence electrons. The molecule has 1 aromatic carbocycles. The van der Waals surface area contributed by atoms with Crippen LogP contribution in [0.4, 0.5) is 0 Å². The summed E-state index contributed by atoms with van der Waals surface area (Å²) >= 11 is 0. The van der Waals surface area contributed by atoms with Crippen molar-refractivity contribution in [1.82, 2.24) is 20.4 Å². The Morgan fingerprint density at radius 3 is 2.38 bits per heavy atom. The van der Waals surface area contributed by atoms with Gasteiger partial charge in [0.05, 0.1) is 11.8 Å². The van der Waals surface area contributed by atoms with E-state index >= 15 is 0 Å². The maximum atomic E-state index is 5.71. The first-order valence-corrected chi connectivity index (χ1v) is 8.15. The van der Waals surface area contributed by atoms with Gasteiger partial charge in [0.25, 0.3) is 0 Å². The van der Waals surface area contributed by atoms with Crippen LogP contribution in [0, 0.1) is 0 Å². The van der Waals surface area contributed by atoms with E-state index in [1.807, 2.05) is 51.8 Å². The molecular formula is C18H29ClN4O. The van der Waals surface area contributed by atoms with E-state index in [2.05, 4.69) is 34.1 Å². The number of likely N-dealkylation sites (N-methyl/N-ethyl adjacent to an activating group) is 2. The molecule has 0 aliphatic rings. The highest BCUT2D eigenvalue weighted by Gasteiger charge is 2.14. The summed E-state index contributed by atoms with van der Waals surface area (Å²) in [6.45, 7) is 4.99. The lowest BCUT2D eigenvalue weighted by molar-refractivity contribution is 0.242. The van der Waals surface area contributed by atoms with Gasteiger partial charge < -0.3 is 15.4 Å². The van der Waals surface area contributed by atoms with E-state index in [-0.39, 0.29) is 18.5 Å². The summed E-state index contributed by atoms with van der Waals surface area (Å²) in [5.41, 5.74) is 3.41. The molecule has 1 heterocycles. The van der Waals surface area contributed by atoms with Crippen molar-refractivity contribution in [3.63, 3.8) is 0 Å². The standard InChI is InChI=1S/C18H28N4O.ClH/c1-13(2)23-17-8-6-14(7-9-17)18-15(12-22(5)21-18)10-16(20-4)11-19-3;/h6-9,12-13,16,19-20H,10-11H2,1-5H3;1H. The van der Waals surface area contributed by atoms with Crippen LogP contribution < -0.4 is 15.4 Å². The normalized spacial score (nSPS) is 12.1. The van der Waals surface area contributed by atoms with Gasteiger partial charge in [-0.3, -0.25) is 4.68 Å². The van der Waals surface area contributed by atoms with Crippen LogP contribution in [0.2, 0.25) is 0 Å². The van der Waals surface area contributed by atoms with Gasteiger partial charge in [-0.05, 0) is 64.2 Å². The van der Waals surface area contributed by atoms with Crippen LogP contribution in [0.3, 0.4) is 0 Å². The first kappa shape index (κ1) is 20.5. The predicted molar refractivity (Wildman–Crippen MR) is 102 cm³/mol. The number of hydrogen-bond donors (Lipinski definition) is 2. The van der Waals surface area contributed by atoms with Gasteiger partial charge in [0.1, 0.15) is 5.75 Å². The van der Waals surface area contributed by atoms with Gasteiger partial charge in [0.15, 0.2) is 0 Å². The third-order valence-electron chi connectivity index (χ3n) is 3.73. The molecule has 0 amide bonds. The molecule has 2 N–H and O–H groups in total. The number of nitrogens with one attached hydrogen (secondary N) is 2. The van der Waals surface area contributed by atoms with Crippen molar-refractivity contribution in [1.29, 1.82) is 0 Å². The second-order valence-corrected chi connectivity index (χ2v) is 6.11. The molecule has 0 aliphatic carbocycles. The Kier molecular flexibility index (Phi) is 8.25. The van der Waals surface area contributed by atoms with E-state index in [1.54, 1.807) is 0 Å². The van der Waals surface area contributed by atoms with Crippen molar-refractivity contribution in [2.45, 2.75) is 32.4 Å². The van der Waals surface area contributed by atoms with Crippen molar-refractivity contribution in [3.05, 3.63) is 36.0 Å². The van der Waals surface area contributed by atoms with Crippen molar-refractivity contribution < 1.29 is 4.74 Å². The van der Waals surface area contributed by atoms with Crippen LogP contribution in [0.5, 0.6) is 5.75 Å². The van der Waals surface area contributed by atoms with Gasteiger partial charge >= 0.3 is 0 Å². The first-order valence-electron chi connectivity index (χ1n) is 8.15. The van der Waals surface area contributed by atoms with Crippen LogP contribution in [0.15, 0.2) is 30.5 Å². The monoisotopic (exact) mass is 352 g/mol. The molecule has 6 heteroatoms. The van der Waals surface area contributed by atoms with E-state index in [9.17, 15) is 0 Å². The lowest BCUT2D eigenvalue weighted by Crippen LogP contribution is -2.36. The van der Waals surface area contributed by atoms with Gasteiger partial charge in [-0.1, -0.05) is 0 Å². The van der Waals surface area contributed by atoms with Crippen LogP contribution >= 0.6 is 12.4 Å². The maximum Gasteiger partial charge on any atom is 0.119 e. The Hall–Kier alpha value is -1.56. The molecule has 2 aromatic rings. The second kappa shape index (κ2) is 9.67. The predicted octanol–water partition coefficient (Wildman–Crippen LogP) is 2.65. The van der Waals surface area contributed by atoms with E-state index < -0.39 is 0 Å². The Labute approximate surface area is 151 Å². The van der Waals surface area contributed by atoms with Crippen LogP contribution in [-0.4, -0.2) is 42.6 Å². The summed E-state index contributed by atoms with van der Waals surface area (Å²) in [5, 5.41) is 11.2. The molecular weight excluding hydrogens is 324 g/mol. The van der Waals surface area contributed by atoms with Gasteiger partial charge in [0, 0.05) is 31.4 Å². The molecule has 1 aromatic heterocycles. The quantitative estimate of drug-likeness (QED) is 0.767. The lowest BCUT2D eigenvalue weighted by atomic mass is 10.0. The summed E-state index contributed by atoms with van der Waals surface area (Å²) in [5.74, 6) is 0.893. The average Bonchev–Trinajstić information content (AvgIpc) is 2.87. The highest BCUT2D eigenvalue weighted by molar-refractivity contribution is 5.85. The highest BCUT2D eigenvalue weighted by Crippen LogP contribution is 2.25. The molecule has 0 saturated heterocycles. The molecule has 1 unspecified atom stereocenters. The van der Waals surface area contributed by atoms with Crippen LogP contribution in [-0.2, 0) is 13.5 Å². The maximum absolute atomic E-state index is 5.71. The summed E-state index contributed by atoms with van der Waals surface area (Å²) in [4.78, 5) is 0. The van der Waals surface area contributed by atoms with E-state index in [0.717, 1.165) is 30.0 Å². The summed E-state index contributed by atoms with van der Waals surface area (Å²) in [6.07, 6.45) is 3.22. The smallest absolute Gasteiger partial charge is 0.119 e. The fourth-order valence-electron chi connectivity index (χ4n) is 2.68. The Morgan fingerprint density at radius 1 is 1.17 bits per heavy atom. The molecule has 1 atom stereocenters. The lowest BCUT2D eigenvalue weighted by Gasteiger charge is -2.15. The molecule has 0 fully saturated rings. The van der Waals surface area contributed by atoms with Gasteiger partial charge in [0.2, 0.25) is 0 Å². The molecule has 0 saturated carbocycles. The fraction of sp³-hybridized carbons (Fsp3) is 0.500. The summed E-state index contributed by atoms with van der Waals surface area (Å²) in [7, 11) is 5.94. The number of nitrogens with zero attached hydrogens (tertiary/aromatic N) is 2. The summed E-state index contributed by atoms with van der Waals surface area (Å²) < 4.78 is 7.59. The summed E-state index contributed by atoms with van der Waals surface area (Å²) in [6, 6.07) is 8.56. The fourth-order valence-corrected chi connectivity index (χ4v) is 2.68. The van der Waals surface area contributed by atoms with E-state index in [1.165, 1.54) is 5.56 Å². The number of hydrogen-bond acceptors (Lipinski definition) is 4. The van der Waals surface area contributed by atoms with Crippen molar-refractivity contribution in [2.24, 2.45) is 7.05 Å². The third-order valence-corrected chi connectivity index (χ3v) is 3.73. The minimum absolute atomic E-state index is 0. The van der Waals surface area contributed by atoms with Crippen LogP contribution in [0.25, 0.3) is 11.3 Å². The first-order chi connectivity index (χ1) is 11.0. The molecule has 24 heavy (non-hydrogen) atoms. The van der Waals surface area contributed by atoms with E-state index in [4.69, 9.17) is 4.74 Å². The number of rotatable bonds is 8. The zero-order valence-corrected chi connectivity index (χ0v) is 16.0. The largest absolute Gasteiger partial charge is 0.491 e. The van der Waals surface area contributed by atoms with Gasteiger partial charge in [-0.25, -0.2) is 0 Å². The van der Waals surface area contributed by atoms with Gasteiger partial charge in [-0.15, -0.1) is 12.4 Å². The number of aromatic nitrogens is 2. The average molecular weight is 353 g/mol. The zero-order valence-electron chi connectivity index (χ0n) is 15.2. The minimum atomic E-state index is 0. The van der Waals surface area contributed by atoms with Crippen molar-refractivity contribution in [2.75, 3.05) is 20.6 Å². The second-order valence-electron chi connectivity index (χ2n) is 6.11. The number of halogens is 1. The zero-order chi connectivity index (χ0) is 16.8. The Morgan fingerprint density at radius 2 is 1.83 bits per heavy atom. The Balaban J connectivity index is 0.00000288. The molecule has 0 radical (unpaired) electrons. The van der Waals surface area contributed by atoms with Crippen molar-refractivity contribution >= 4 is 12.4 Å². The van der Waals surface area contributed by atoms with Crippen molar-refractivity contribution in [3.8, 4) is 17.0 Å². The number of benzene rings is 1. The minimum Gasteiger partial charge on any atom is -0.491 e. The third kappa shape index (κ3) is 5.51.